The summed E-state index contributed by atoms with van der Waals surface area (Å²) in [6.45, 7) is 5.90. The number of hydrogen-bond acceptors (Lipinski definition) is 8. The number of carboxylic acids is 1. The molecule has 1 aliphatic heterocycles. The van der Waals surface area contributed by atoms with Gasteiger partial charge in [0.25, 0.3) is 0 Å². The molecule has 2 N–H and O–H groups in total. The monoisotopic (exact) mass is 482 g/mol. The normalized spacial score (nSPS) is 18.4. The Morgan fingerprint density at radius 2 is 2.03 bits per heavy atom. The quantitative estimate of drug-likeness (QED) is 0.484. The second-order valence-electron chi connectivity index (χ2n) is 8.74. The maximum absolute atomic E-state index is 12.9. The maximum Gasteiger partial charge on any atom is 0.355 e. The van der Waals surface area contributed by atoms with E-state index in [9.17, 15) is 19.2 Å². The van der Waals surface area contributed by atoms with Crippen molar-refractivity contribution in [1.29, 1.82) is 0 Å². The van der Waals surface area contributed by atoms with Gasteiger partial charge in [-0.15, -0.1) is 11.3 Å². The molecule has 1 aromatic rings. The third kappa shape index (κ3) is 7.50. The minimum atomic E-state index is -1.16. The number of hydrogen-bond donors (Lipinski definition) is 2. The summed E-state index contributed by atoms with van der Waals surface area (Å²) in [5.41, 5.74) is -0.118. The van der Waals surface area contributed by atoms with Crippen LogP contribution < -0.4 is 5.32 Å². The van der Waals surface area contributed by atoms with Crippen molar-refractivity contribution in [3.63, 3.8) is 0 Å². The van der Waals surface area contributed by atoms with Crippen molar-refractivity contribution >= 4 is 35.1 Å². The molecular formula is C22H34N4O6S. The molecule has 2 heterocycles. The smallest absolute Gasteiger partial charge is 0.355 e. The molecule has 184 valence electrons. The van der Waals surface area contributed by atoms with Gasteiger partial charge in [-0.2, -0.15) is 0 Å². The van der Waals surface area contributed by atoms with Crippen molar-refractivity contribution in [2.75, 3.05) is 27.2 Å². The highest BCUT2D eigenvalue weighted by atomic mass is 32.1. The van der Waals surface area contributed by atoms with Gasteiger partial charge in [-0.25, -0.2) is 9.78 Å². The lowest BCUT2D eigenvalue weighted by atomic mass is 9.96. The molecule has 0 aliphatic carbocycles. The molecule has 2 amide bonds. The molecule has 1 unspecified atom stereocenters. The zero-order valence-corrected chi connectivity index (χ0v) is 20.7. The van der Waals surface area contributed by atoms with Gasteiger partial charge in [0.05, 0.1) is 12.6 Å². The number of ether oxygens (including phenoxy) is 1. The second kappa shape index (κ2) is 12.1. The summed E-state index contributed by atoms with van der Waals surface area (Å²) in [5.74, 6) is -2.08. The number of aromatic nitrogens is 1. The van der Waals surface area contributed by atoms with Crippen molar-refractivity contribution in [3.8, 4) is 0 Å². The molecule has 1 aliphatic rings. The van der Waals surface area contributed by atoms with Crippen LogP contribution in [0.3, 0.4) is 0 Å². The molecule has 3 atom stereocenters. The second-order valence-corrected chi connectivity index (χ2v) is 9.63. The minimum Gasteiger partial charge on any atom is -0.476 e. The Kier molecular flexibility index (Phi) is 9.78. The molecular weight excluding hydrogens is 448 g/mol. The Morgan fingerprint density at radius 1 is 1.33 bits per heavy atom. The highest BCUT2D eigenvalue weighted by Crippen LogP contribution is 2.30. The van der Waals surface area contributed by atoms with Crippen molar-refractivity contribution in [1.82, 2.24) is 20.1 Å². The summed E-state index contributed by atoms with van der Waals surface area (Å²) in [6, 6.07) is -0.548. The van der Waals surface area contributed by atoms with Gasteiger partial charge in [0.1, 0.15) is 5.01 Å². The van der Waals surface area contributed by atoms with Crippen LogP contribution in [0.1, 0.15) is 68.1 Å². The zero-order chi connectivity index (χ0) is 24.7. The molecule has 33 heavy (non-hydrogen) atoms. The predicted molar refractivity (Wildman–Crippen MR) is 123 cm³/mol. The molecule has 0 saturated carbocycles. The van der Waals surface area contributed by atoms with E-state index in [0.29, 0.717) is 5.01 Å². The van der Waals surface area contributed by atoms with Crippen LogP contribution in [0.2, 0.25) is 0 Å². The number of aromatic carboxylic acids is 1. The largest absolute Gasteiger partial charge is 0.476 e. The van der Waals surface area contributed by atoms with Crippen molar-refractivity contribution in [2.45, 2.75) is 64.6 Å². The van der Waals surface area contributed by atoms with Gasteiger partial charge in [-0.1, -0.05) is 20.3 Å². The van der Waals surface area contributed by atoms with Crippen molar-refractivity contribution in [2.24, 2.45) is 5.92 Å². The number of piperidine rings is 1. The van der Waals surface area contributed by atoms with Gasteiger partial charge >= 0.3 is 11.9 Å². The Bertz CT molecular complexity index is 858. The van der Waals surface area contributed by atoms with Crippen LogP contribution >= 0.6 is 11.3 Å². The van der Waals surface area contributed by atoms with E-state index >= 15 is 0 Å². The fraction of sp³-hybridized carbons (Fsp3) is 0.682. The molecule has 0 bridgehead atoms. The lowest BCUT2D eigenvalue weighted by molar-refractivity contribution is -0.148. The van der Waals surface area contributed by atoms with E-state index in [1.54, 1.807) is 11.9 Å². The lowest BCUT2D eigenvalue weighted by Gasteiger charge is -2.34. The van der Waals surface area contributed by atoms with E-state index in [-0.39, 0.29) is 48.5 Å². The fourth-order valence-corrected chi connectivity index (χ4v) is 4.86. The van der Waals surface area contributed by atoms with Gasteiger partial charge in [0, 0.05) is 31.8 Å². The first-order valence-electron chi connectivity index (χ1n) is 11.1. The van der Waals surface area contributed by atoms with Crippen LogP contribution in [0, 0.1) is 5.92 Å². The van der Waals surface area contributed by atoms with Crippen LogP contribution in [0.4, 0.5) is 0 Å². The Labute approximate surface area is 198 Å². The summed E-state index contributed by atoms with van der Waals surface area (Å²) in [5, 5.41) is 13.7. The van der Waals surface area contributed by atoms with Gasteiger partial charge in [0.15, 0.2) is 11.8 Å². The molecule has 10 nitrogen and oxygen atoms in total. The first-order chi connectivity index (χ1) is 15.5. The van der Waals surface area contributed by atoms with Crippen molar-refractivity contribution < 1.29 is 29.0 Å². The number of nitrogens with zero attached hydrogens (tertiary/aromatic N) is 3. The van der Waals surface area contributed by atoms with Crippen molar-refractivity contribution in [3.05, 3.63) is 16.1 Å². The first kappa shape index (κ1) is 26.7. The average Bonchev–Trinajstić information content (AvgIpc) is 3.24. The standard InChI is InChI=1S/C22H34N4O6S/c1-13(2)17(10-18(32-14(3)27)21-24-15(12-33-21)22(30)31)26(5)19(28)11-23-20(29)16-8-6-7-9-25(16)4/h12-13,16-18H,6-11H2,1-5H3,(H,23,29)(H,30,31)/t16-,17?,18-/m1/s1. The summed E-state index contributed by atoms with van der Waals surface area (Å²) in [4.78, 5) is 55.9. The molecule has 1 fully saturated rings. The summed E-state index contributed by atoms with van der Waals surface area (Å²) in [7, 11) is 3.57. The molecule has 11 heteroatoms. The van der Waals surface area contributed by atoms with Crippen LogP contribution in [0.25, 0.3) is 0 Å². The van der Waals surface area contributed by atoms with Gasteiger partial charge in [-0.05, 0) is 32.4 Å². The SMILES string of the molecule is CC(=O)O[C@H](CC(C(C)C)N(C)C(=O)CNC(=O)[C@H]1CCCCN1C)c1nc(C(=O)O)cs1. The number of likely N-dealkylation sites (N-methyl/N-ethyl adjacent to an activating group) is 2. The molecule has 1 saturated heterocycles. The van der Waals surface area contributed by atoms with Crippen LogP contribution in [-0.4, -0.2) is 82.9 Å². The van der Waals surface area contributed by atoms with E-state index in [0.717, 1.165) is 37.1 Å². The number of amides is 2. The maximum atomic E-state index is 12.9. The first-order valence-corrected chi connectivity index (χ1v) is 12.0. The summed E-state index contributed by atoms with van der Waals surface area (Å²) < 4.78 is 5.43. The minimum absolute atomic E-state index is 0.0103. The van der Waals surface area contributed by atoms with Gasteiger partial charge in [0.2, 0.25) is 11.8 Å². The van der Waals surface area contributed by atoms with E-state index < -0.39 is 18.0 Å². The molecule has 0 aromatic carbocycles. The number of esters is 1. The molecule has 0 radical (unpaired) electrons. The summed E-state index contributed by atoms with van der Waals surface area (Å²) in [6.07, 6.45) is 2.30. The molecule has 2 rings (SSSR count). The number of rotatable bonds is 10. The Morgan fingerprint density at radius 3 is 2.58 bits per heavy atom. The van der Waals surface area contributed by atoms with Crippen LogP contribution in [-0.2, 0) is 19.1 Å². The van der Waals surface area contributed by atoms with E-state index in [2.05, 4.69) is 10.3 Å². The number of nitrogens with one attached hydrogen (secondary N) is 1. The third-order valence-corrected chi connectivity index (χ3v) is 6.86. The lowest BCUT2D eigenvalue weighted by Crippen LogP contribution is -2.51. The van der Waals surface area contributed by atoms with E-state index in [1.807, 2.05) is 25.8 Å². The van der Waals surface area contributed by atoms with Crippen LogP contribution in [0.5, 0.6) is 0 Å². The van der Waals surface area contributed by atoms with Gasteiger partial charge < -0.3 is 20.1 Å². The third-order valence-electron chi connectivity index (χ3n) is 5.93. The molecule has 1 aromatic heterocycles. The highest BCUT2D eigenvalue weighted by Gasteiger charge is 2.31. The number of carbonyl (C=O) groups excluding carboxylic acids is 3. The van der Waals surface area contributed by atoms with Crippen LogP contribution in [0.15, 0.2) is 5.38 Å². The number of likely N-dealkylation sites (tertiary alicyclic amines) is 1. The Hall–Kier alpha value is -2.53. The zero-order valence-electron chi connectivity index (χ0n) is 19.9. The fourth-order valence-electron chi connectivity index (χ4n) is 4.03. The highest BCUT2D eigenvalue weighted by molar-refractivity contribution is 7.09. The number of carboxylic acid groups (broad SMARTS) is 1. The average molecular weight is 483 g/mol. The topological polar surface area (TPSA) is 129 Å². The summed E-state index contributed by atoms with van der Waals surface area (Å²) >= 11 is 1.10. The number of thiazole rings is 1. The van der Waals surface area contributed by atoms with E-state index in [4.69, 9.17) is 9.84 Å². The number of carbonyl (C=O) groups is 4. The van der Waals surface area contributed by atoms with Gasteiger partial charge in [-0.3, -0.25) is 19.3 Å². The molecule has 0 spiro atoms. The predicted octanol–water partition coefficient (Wildman–Crippen LogP) is 1.92. The Balaban J connectivity index is 2.07. The van der Waals surface area contributed by atoms with E-state index in [1.165, 1.54) is 12.3 Å².